The summed E-state index contributed by atoms with van der Waals surface area (Å²) in [7, 11) is 1.63. The third-order valence-corrected chi connectivity index (χ3v) is 6.22. The molecule has 1 atom stereocenters. The van der Waals surface area contributed by atoms with Gasteiger partial charge in [0.2, 0.25) is 11.8 Å². The zero-order valence-corrected chi connectivity index (χ0v) is 19.8. The monoisotopic (exact) mass is 452 g/mol. The highest BCUT2D eigenvalue weighted by Crippen LogP contribution is 2.19. The van der Waals surface area contributed by atoms with Crippen LogP contribution in [0, 0.1) is 0 Å². The van der Waals surface area contributed by atoms with Gasteiger partial charge in [-0.1, -0.05) is 43.2 Å². The summed E-state index contributed by atoms with van der Waals surface area (Å²) in [5, 5.41) is 3.14. The normalized spacial score (nSPS) is 14.5. The quantitative estimate of drug-likeness (QED) is 0.486. The highest BCUT2D eigenvalue weighted by Gasteiger charge is 2.27. The lowest BCUT2D eigenvalue weighted by Crippen LogP contribution is -2.50. The summed E-state index contributed by atoms with van der Waals surface area (Å²) < 4.78 is 10.9. The molecule has 6 heteroatoms. The number of hydrogen-bond donors (Lipinski definition) is 1. The maximum absolute atomic E-state index is 13.1. The highest BCUT2D eigenvalue weighted by atomic mass is 16.5. The molecule has 0 radical (unpaired) electrons. The molecular formula is C27H36N2O4. The maximum atomic E-state index is 13.1. The lowest BCUT2D eigenvalue weighted by molar-refractivity contribution is -0.140. The summed E-state index contributed by atoms with van der Waals surface area (Å²) in [5.41, 5.74) is 1.15. The molecule has 1 aliphatic rings. The second-order valence-corrected chi connectivity index (χ2v) is 8.62. The molecule has 178 valence electrons. The summed E-state index contributed by atoms with van der Waals surface area (Å²) in [6.45, 7) is 2.79. The van der Waals surface area contributed by atoms with E-state index in [0.717, 1.165) is 49.2 Å². The minimum absolute atomic E-state index is 0.0154. The number of carbonyl (C=O) groups is 2. The molecule has 6 nitrogen and oxygen atoms in total. The number of benzene rings is 2. The van der Waals surface area contributed by atoms with Gasteiger partial charge < -0.3 is 19.7 Å². The van der Waals surface area contributed by atoms with Gasteiger partial charge >= 0.3 is 0 Å². The van der Waals surface area contributed by atoms with Gasteiger partial charge in [0.05, 0.1) is 13.7 Å². The number of rotatable bonds is 12. The van der Waals surface area contributed by atoms with Crippen LogP contribution in [0.4, 0.5) is 0 Å². The van der Waals surface area contributed by atoms with Crippen molar-refractivity contribution in [3.05, 3.63) is 60.2 Å². The Labute approximate surface area is 197 Å². The van der Waals surface area contributed by atoms with Gasteiger partial charge in [0.1, 0.15) is 17.5 Å². The topological polar surface area (TPSA) is 67.9 Å². The predicted molar refractivity (Wildman–Crippen MR) is 129 cm³/mol. The first-order valence-electron chi connectivity index (χ1n) is 12.0. The highest BCUT2D eigenvalue weighted by molar-refractivity contribution is 5.87. The Morgan fingerprint density at radius 2 is 1.70 bits per heavy atom. The third kappa shape index (κ3) is 7.81. The van der Waals surface area contributed by atoms with Gasteiger partial charge in [0, 0.05) is 19.0 Å². The number of nitrogens with zero attached hydrogens (tertiary/aromatic N) is 1. The first-order valence-corrected chi connectivity index (χ1v) is 12.0. The van der Waals surface area contributed by atoms with Crippen LogP contribution < -0.4 is 14.8 Å². The summed E-state index contributed by atoms with van der Waals surface area (Å²) >= 11 is 0. The first-order chi connectivity index (χ1) is 16.1. The molecule has 1 N–H and O–H groups in total. The molecule has 0 spiro atoms. The summed E-state index contributed by atoms with van der Waals surface area (Å²) in [6, 6.07) is 17.2. The fourth-order valence-electron chi connectivity index (χ4n) is 4.19. The molecule has 1 unspecified atom stereocenters. The predicted octanol–water partition coefficient (Wildman–Crippen LogP) is 4.37. The Morgan fingerprint density at radius 1 is 1.03 bits per heavy atom. The van der Waals surface area contributed by atoms with Crippen LogP contribution in [0.2, 0.25) is 0 Å². The molecule has 33 heavy (non-hydrogen) atoms. The molecule has 0 aromatic heterocycles. The van der Waals surface area contributed by atoms with Crippen LogP contribution in [0.25, 0.3) is 0 Å². The summed E-state index contributed by atoms with van der Waals surface area (Å²) in [6.07, 6.45) is 6.01. The van der Waals surface area contributed by atoms with Crippen LogP contribution >= 0.6 is 0 Å². The van der Waals surface area contributed by atoms with E-state index >= 15 is 0 Å². The molecule has 2 aromatic rings. The van der Waals surface area contributed by atoms with E-state index in [1.807, 2.05) is 49.4 Å². The number of methoxy groups -OCH3 is 1. The molecule has 2 aromatic carbocycles. The maximum Gasteiger partial charge on any atom is 0.242 e. The number of carbonyl (C=O) groups excluding carboxylic acids is 2. The molecule has 1 saturated carbocycles. The van der Waals surface area contributed by atoms with E-state index in [1.165, 1.54) is 0 Å². The van der Waals surface area contributed by atoms with Gasteiger partial charge in [-0.3, -0.25) is 9.59 Å². The molecule has 3 rings (SSSR count). The van der Waals surface area contributed by atoms with Crippen molar-refractivity contribution >= 4 is 11.8 Å². The SMILES string of the molecule is COc1ccc(OCCCC(=O)N(CCc2ccccc2)C(C)C(=O)NC2CCCC2)cc1. The van der Waals surface area contributed by atoms with Crippen LogP contribution in [0.15, 0.2) is 54.6 Å². The number of amides is 2. The van der Waals surface area contributed by atoms with Gasteiger partial charge in [-0.15, -0.1) is 0 Å². The number of nitrogens with one attached hydrogen (secondary N) is 1. The van der Waals surface area contributed by atoms with Gasteiger partial charge in [0.15, 0.2) is 0 Å². The number of hydrogen-bond acceptors (Lipinski definition) is 4. The van der Waals surface area contributed by atoms with E-state index in [2.05, 4.69) is 17.4 Å². The molecular weight excluding hydrogens is 416 g/mol. The molecule has 0 saturated heterocycles. The average Bonchev–Trinajstić information content (AvgIpc) is 3.36. The smallest absolute Gasteiger partial charge is 0.242 e. The van der Waals surface area contributed by atoms with Crippen molar-refractivity contribution in [2.75, 3.05) is 20.3 Å². The van der Waals surface area contributed by atoms with E-state index in [4.69, 9.17) is 9.47 Å². The Bertz CT molecular complexity index is 863. The van der Waals surface area contributed by atoms with Crippen molar-refractivity contribution in [2.24, 2.45) is 0 Å². The van der Waals surface area contributed by atoms with Crippen molar-refractivity contribution in [1.29, 1.82) is 0 Å². The molecule has 0 aliphatic heterocycles. The first kappa shape index (κ1) is 24.6. The standard InChI is InChI=1S/C27H36N2O4/c1-21(27(31)28-23-11-6-7-12-23)29(19-18-22-9-4-3-5-10-22)26(30)13-8-20-33-25-16-14-24(32-2)15-17-25/h3-5,9-10,14-17,21,23H,6-8,11-13,18-20H2,1-2H3,(H,28,31). The molecule has 2 amide bonds. The van der Waals surface area contributed by atoms with Gasteiger partial charge in [-0.05, 0) is 62.4 Å². The largest absolute Gasteiger partial charge is 0.497 e. The zero-order chi connectivity index (χ0) is 23.5. The Hall–Kier alpha value is -3.02. The van der Waals surface area contributed by atoms with E-state index < -0.39 is 6.04 Å². The average molecular weight is 453 g/mol. The van der Waals surface area contributed by atoms with Crippen molar-refractivity contribution in [1.82, 2.24) is 10.2 Å². The minimum Gasteiger partial charge on any atom is -0.497 e. The molecule has 1 fully saturated rings. The fourth-order valence-corrected chi connectivity index (χ4v) is 4.19. The van der Waals surface area contributed by atoms with Gasteiger partial charge in [0.25, 0.3) is 0 Å². The molecule has 1 aliphatic carbocycles. The molecule has 0 bridgehead atoms. The van der Waals surface area contributed by atoms with Crippen LogP contribution in [0.1, 0.15) is 51.0 Å². The van der Waals surface area contributed by atoms with Crippen LogP contribution in [0.3, 0.4) is 0 Å². The van der Waals surface area contributed by atoms with Gasteiger partial charge in [-0.2, -0.15) is 0 Å². The van der Waals surface area contributed by atoms with Crippen LogP contribution in [-0.2, 0) is 16.0 Å². The third-order valence-electron chi connectivity index (χ3n) is 6.22. The summed E-state index contributed by atoms with van der Waals surface area (Å²) in [4.78, 5) is 27.7. The second-order valence-electron chi connectivity index (χ2n) is 8.62. The molecule has 0 heterocycles. The lowest BCUT2D eigenvalue weighted by Gasteiger charge is -2.30. The van der Waals surface area contributed by atoms with Crippen molar-refractivity contribution in [3.8, 4) is 11.5 Å². The zero-order valence-electron chi connectivity index (χ0n) is 19.8. The summed E-state index contributed by atoms with van der Waals surface area (Å²) in [5.74, 6) is 1.45. The van der Waals surface area contributed by atoms with Crippen molar-refractivity contribution < 1.29 is 19.1 Å². The van der Waals surface area contributed by atoms with Gasteiger partial charge in [-0.25, -0.2) is 0 Å². The van der Waals surface area contributed by atoms with E-state index in [0.29, 0.717) is 26.0 Å². The Morgan fingerprint density at radius 3 is 2.36 bits per heavy atom. The minimum atomic E-state index is -0.496. The Balaban J connectivity index is 1.53. The van der Waals surface area contributed by atoms with Crippen LogP contribution in [0.5, 0.6) is 11.5 Å². The van der Waals surface area contributed by atoms with Crippen LogP contribution in [-0.4, -0.2) is 49.1 Å². The number of ether oxygens (including phenoxy) is 2. The van der Waals surface area contributed by atoms with Crippen molar-refractivity contribution in [2.45, 2.75) is 64.0 Å². The van der Waals surface area contributed by atoms with Crippen molar-refractivity contribution in [3.63, 3.8) is 0 Å². The Kier molecular flexibility index (Phi) is 9.60. The lowest BCUT2D eigenvalue weighted by atomic mass is 10.1. The van der Waals surface area contributed by atoms with E-state index in [1.54, 1.807) is 12.0 Å². The van der Waals surface area contributed by atoms with E-state index in [9.17, 15) is 9.59 Å². The fraction of sp³-hybridized carbons (Fsp3) is 0.481. The van der Waals surface area contributed by atoms with E-state index in [-0.39, 0.29) is 17.9 Å². The second kappa shape index (κ2) is 12.9.